The molecule has 2 nitrogen and oxygen atoms in total. The monoisotopic (exact) mass is 224 g/mol. The molecule has 3 aromatic rings. The first-order valence-electron chi connectivity index (χ1n) is 5.74. The Bertz CT molecular complexity index is 754. The normalized spacial score (nSPS) is 11.1. The Balaban J connectivity index is 2.60. The maximum atomic E-state index is 12.4. The highest BCUT2D eigenvalue weighted by Crippen LogP contribution is 2.21. The number of hydrogen-bond acceptors (Lipinski definition) is 2. The molecule has 2 aromatic carbocycles. The quantitative estimate of drug-likeness (QED) is 0.592. The molecule has 0 atom stereocenters. The fourth-order valence-electron chi connectivity index (χ4n) is 2.21. The second kappa shape index (κ2) is 3.74. The molecule has 3 rings (SSSR count). The minimum Gasteiger partial charge on any atom is -0.456 e. The van der Waals surface area contributed by atoms with Crippen LogP contribution >= 0.6 is 0 Å². The molecule has 0 unspecified atom stereocenters. The van der Waals surface area contributed by atoms with E-state index in [1.807, 2.05) is 49.4 Å². The lowest BCUT2D eigenvalue weighted by molar-refractivity contribution is 0.659. The Kier molecular flexibility index (Phi) is 2.22. The number of para-hydroxylation sites is 1. The first-order valence-corrected chi connectivity index (χ1v) is 5.74. The van der Waals surface area contributed by atoms with E-state index >= 15 is 0 Å². The average Bonchev–Trinajstić information content (AvgIpc) is 2.38. The van der Waals surface area contributed by atoms with E-state index in [4.69, 9.17) is 4.42 Å². The van der Waals surface area contributed by atoms with E-state index < -0.39 is 0 Å². The van der Waals surface area contributed by atoms with Crippen molar-refractivity contribution in [3.63, 3.8) is 0 Å². The fraction of sp³-hybridized carbons (Fsp3) is 0.133. The molecule has 0 saturated heterocycles. The Morgan fingerprint density at radius 1 is 1.00 bits per heavy atom. The van der Waals surface area contributed by atoms with Crippen molar-refractivity contribution in [3.05, 3.63) is 58.3 Å². The molecule has 0 aliphatic heterocycles. The molecule has 0 saturated carbocycles. The molecular weight excluding hydrogens is 212 g/mol. The smallest absolute Gasteiger partial charge is 0.200 e. The van der Waals surface area contributed by atoms with Gasteiger partial charge in [0.2, 0.25) is 5.43 Å². The number of rotatable bonds is 1. The van der Waals surface area contributed by atoms with Gasteiger partial charge in [0.1, 0.15) is 11.2 Å². The van der Waals surface area contributed by atoms with Crippen molar-refractivity contribution in [3.8, 4) is 0 Å². The molecule has 0 radical (unpaired) electrons. The van der Waals surface area contributed by atoms with Gasteiger partial charge in [0.05, 0.1) is 10.8 Å². The Labute approximate surface area is 98.5 Å². The molecule has 0 N–H and O–H groups in total. The topological polar surface area (TPSA) is 30.2 Å². The summed E-state index contributed by atoms with van der Waals surface area (Å²) >= 11 is 0. The lowest BCUT2D eigenvalue weighted by Crippen LogP contribution is -2.04. The van der Waals surface area contributed by atoms with Gasteiger partial charge in [-0.25, -0.2) is 0 Å². The summed E-state index contributed by atoms with van der Waals surface area (Å²) in [7, 11) is 0. The SMILES string of the molecule is CCc1cccc2oc3ccccc3c(=O)c12. The molecule has 0 fully saturated rings. The third-order valence-electron chi connectivity index (χ3n) is 3.07. The van der Waals surface area contributed by atoms with Crippen LogP contribution in [0.5, 0.6) is 0 Å². The van der Waals surface area contributed by atoms with Gasteiger partial charge in [-0.15, -0.1) is 0 Å². The van der Waals surface area contributed by atoms with E-state index in [2.05, 4.69) is 0 Å². The highest BCUT2D eigenvalue weighted by molar-refractivity contribution is 5.91. The number of fused-ring (bicyclic) bond motifs is 2. The Hall–Kier alpha value is -2.09. The van der Waals surface area contributed by atoms with Crippen LogP contribution in [0.25, 0.3) is 21.9 Å². The van der Waals surface area contributed by atoms with Gasteiger partial charge in [-0.1, -0.05) is 31.2 Å². The summed E-state index contributed by atoms with van der Waals surface area (Å²) in [6, 6.07) is 13.1. The second-order valence-electron chi connectivity index (χ2n) is 4.07. The van der Waals surface area contributed by atoms with Crippen LogP contribution in [-0.2, 0) is 6.42 Å². The van der Waals surface area contributed by atoms with Crippen molar-refractivity contribution in [1.82, 2.24) is 0 Å². The van der Waals surface area contributed by atoms with Crippen LogP contribution in [0.4, 0.5) is 0 Å². The Morgan fingerprint density at radius 2 is 1.76 bits per heavy atom. The Morgan fingerprint density at radius 3 is 2.59 bits per heavy atom. The summed E-state index contributed by atoms with van der Waals surface area (Å²) in [6.07, 6.45) is 0.834. The van der Waals surface area contributed by atoms with Gasteiger partial charge in [0.15, 0.2) is 0 Å². The van der Waals surface area contributed by atoms with E-state index in [-0.39, 0.29) is 5.43 Å². The highest BCUT2D eigenvalue weighted by Gasteiger charge is 2.09. The van der Waals surface area contributed by atoms with E-state index in [1.165, 1.54) is 0 Å². The predicted octanol–water partition coefficient (Wildman–Crippen LogP) is 3.51. The van der Waals surface area contributed by atoms with Crippen molar-refractivity contribution in [1.29, 1.82) is 0 Å². The van der Waals surface area contributed by atoms with E-state index in [0.29, 0.717) is 21.9 Å². The van der Waals surface area contributed by atoms with Gasteiger partial charge in [0, 0.05) is 0 Å². The number of hydrogen-bond donors (Lipinski definition) is 0. The van der Waals surface area contributed by atoms with Gasteiger partial charge >= 0.3 is 0 Å². The molecule has 84 valence electrons. The van der Waals surface area contributed by atoms with Crippen LogP contribution < -0.4 is 5.43 Å². The minimum absolute atomic E-state index is 0.0688. The minimum atomic E-state index is 0.0688. The lowest BCUT2D eigenvalue weighted by Gasteiger charge is -2.04. The van der Waals surface area contributed by atoms with Crippen LogP contribution in [0.1, 0.15) is 12.5 Å². The van der Waals surface area contributed by atoms with Crippen LogP contribution in [0, 0.1) is 0 Å². The van der Waals surface area contributed by atoms with Gasteiger partial charge in [0.25, 0.3) is 0 Å². The fourth-order valence-corrected chi connectivity index (χ4v) is 2.21. The number of benzene rings is 2. The standard InChI is InChI=1S/C15H12O2/c1-2-10-6-5-9-13-14(10)15(16)11-7-3-4-8-12(11)17-13/h3-9H,2H2,1H3. The van der Waals surface area contributed by atoms with Crippen molar-refractivity contribution in [2.45, 2.75) is 13.3 Å². The predicted molar refractivity (Wildman–Crippen MR) is 69.4 cm³/mol. The maximum absolute atomic E-state index is 12.4. The zero-order chi connectivity index (χ0) is 11.8. The third-order valence-corrected chi connectivity index (χ3v) is 3.07. The summed E-state index contributed by atoms with van der Waals surface area (Å²) < 4.78 is 5.77. The second-order valence-corrected chi connectivity index (χ2v) is 4.07. The van der Waals surface area contributed by atoms with Gasteiger partial charge < -0.3 is 4.42 Å². The van der Waals surface area contributed by atoms with Crippen molar-refractivity contribution >= 4 is 21.9 Å². The van der Waals surface area contributed by atoms with Crippen LogP contribution in [0.3, 0.4) is 0 Å². The van der Waals surface area contributed by atoms with Gasteiger partial charge in [-0.3, -0.25) is 4.79 Å². The summed E-state index contributed by atoms with van der Waals surface area (Å²) in [6.45, 7) is 2.05. The van der Waals surface area contributed by atoms with Crippen molar-refractivity contribution < 1.29 is 4.42 Å². The summed E-state index contributed by atoms with van der Waals surface area (Å²) in [5.41, 5.74) is 2.44. The zero-order valence-electron chi connectivity index (χ0n) is 9.57. The summed E-state index contributed by atoms with van der Waals surface area (Å²) in [5.74, 6) is 0. The van der Waals surface area contributed by atoms with Crippen LogP contribution in [0.2, 0.25) is 0 Å². The molecule has 1 heterocycles. The van der Waals surface area contributed by atoms with Gasteiger partial charge in [-0.05, 0) is 30.2 Å². The largest absolute Gasteiger partial charge is 0.456 e. The average molecular weight is 224 g/mol. The molecule has 1 aromatic heterocycles. The number of aryl methyl sites for hydroxylation is 1. The van der Waals surface area contributed by atoms with E-state index in [1.54, 1.807) is 0 Å². The molecule has 2 heteroatoms. The molecule has 0 spiro atoms. The molecular formula is C15H12O2. The maximum Gasteiger partial charge on any atom is 0.200 e. The molecule has 0 amide bonds. The third kappa shape index (κ3) is 1.45. The summed E-state index contributed by atoms with van der Waals surface area (Å²) in [5, 5.41) is 1.37. The molecule has 0 aliphatic carbocycles. The first-order chi connectivity index (χ1) is 8.31. The highest BCUT2D eigenvalue weighted by atomic mass is 16.3. The van der Waals surface area contributed by atoms with Crippen molar-refractivity contribution in [2.75, 3.05) is 0 Å². The van der Waals surface area contributed by atoms with E-state index in [0.717, 1.165) is 12.0 Å². The molecule has 0 aliphatic rings. The first kappa shape index (κ1) is 10.1. The van der Waals surface area contributed by atoms with Crippen LogP contribution in [0.15, 0.2) is 51.7 Å². The van der Waals surface area contributed by atoms with Gasteiger partial charge in [-0.2, -0.15) is 0 Å². The molecule has 0 bridgehead atoms. The molecule has 17 heavy (non-hydrogen) atoms. The van der Waals surface area contributed by atoms with E-state index in [9.17, 15) is 4.79 Å². The zero-order valence-corrected chi connectivity index (χ0v) is 9.57. The van der Waals surface area contributed by atoms with Crippen LogP contribution in [-0.4, -0.2) is 0 Å². The van der Waals surface area contributed by atoms with Crippen molar-refractivity contribution in [2.24, 2.45) is 0 Å². The summed E-state index contributed by atoms with van der Waals surface area (Å²) in [4.78, 5) is 12.4. The lowest BCUT2D eigenvalue weighted by atomic mass is 10.0.